The van der Waals surface area contributed by atoms with Crippen molar-refractivity contribution in [1.82, 2.24) is 0 Å². The molecule has 2 fully saturated rings. The van der Waals surface area contributed by atoms with Gasteiger partial charge in [0.15, 0.2) is 18.2 Å². The molecular weight excluding hydrogens is 462 g/mol. The minimum Gasteiger partial charge on any atom is -0.462 e. The van der Waals surface area contributed by atoms with E-state index in [1.54, 1.807) is 26.0 Å². The first-order valence-corrected chi connectivity index (χ1v) is 11.6. The number of nitrogens with zero attached hydrogens (tertiary/aromatic N) is 1. The highest BCUT2D eigenvalue weighted by Gasteiger charge is 2.58. The van der Waals surface area contributed by atoms with E-state index >= 15 is 0 Å². The minimum atomic E-state index is -0.927. The van der Waals surface area contributed by atoms with Gasteiger partial charge in [-0.25, -0.2) is 0 Å². The lowest BCUT2D eigenvalue weighted by molar-refractivity contribution is -0.384. The summed E-state index contributed by atoms with van der Waals surface area (Å²) >= 11 is 0. The molecule has 0 bridgehead atoms. The standard InChI is InChI=1S/C24H29NO10/c1-24(2)34-21-20(17-14-30-18(26)7-5-3-4-6-8-19(27)32-17)33-23(22(21)35-24)31-13-15-9-11-16(12-10-15)25(28)29/h3-4,9-12,17,20-23H,5-8,13-14H2,1-2H3/t17-,20+,21-,22-,23-/m0/s1. The van der Waals surface area contributed by atoms with Crippen molar-refractivity contribution in [3.05, 3.63) is 52.1 Å². The van der Waals surface area contributed by atoms with Gasteiger partial charge in [0.25, 0.3) is 5.69 Å². The van der Waals surface area contributed by atoms with Crippen LogP contribution >= 0.6 is 0 Å². The molecule has 0 saturated carbocycles. The third-order valence-corrected chi connectivity index (χ3v) is 5.86. The van der Waals surface area contributed by atoms with Gasteiger partial charge in [-0.05, 0) is 44.4 Å². The van der Waals surface area contributed by atoms with Gasteiger partial charge < -0.3 is 28.4 Å². The third-order valence-electron chi connectivity index (χ3n) is 5.86. The van der Waals surface area contributed by atoms with Crippen molar-refractivity contribution in [1.29, 1.82) is 0 Å². The molecule has 0 radical (unpaired) electrons. The van der Waals surface area contributed by atoms with E-state index in [0.29, 0.717) is 18.4 Å². The molecule has 11 heteroatoms. The van der Waals surface area contributed by atoms with Gasteiger partial charge in [-0.15, -0.1) is 0 Å². The van der Waals surface area contributed by atoms with Crippen LogP contribution in [0.5, 0.6) is 0 Å². The molecule has 1 aromatic carbocycles. The van der Waals surface area contributed by atoms with Crippen molar-refractivity contribution in [3.63, 3.8) is 0 Å². The van der Waals surface area contributed by atoms with Crippen molar-refractivity contribution in [2.45, 2.75) is 82.6 Å². The summed E-state index contributed by atoms with van der Waals surface area (Å²) in [7, 11) is 0. The molecule has 1 aromatic rings. The van der Waals surface area contributed by atoms with Crippen LogP contribution in [0.2, 0.25) is 0 Å². The summed E-state index contributed by atoms with van der Waals surface area (Å²) < 4.78 is 35.1. The second kappa shape index (κ2) is 10.8. The molecule has 5 atom stereocenters. The van der Waals surface area contributed by atoms with E-state index in [1.807, 2.05) is 12.2 Å². The fourth-order valence-corrected chi connectivity index (χ4v) is 4.23. The number of carbonyl (C=O) groups excluding carboxylic acids is 2. The molecule has 190 valence electrons. The first-order valence-electron chi connectivity index (χ1n) is 11.6. The highest BCUT2D eigenvalue weighted by Crippen LogP contribution is 2.41. The van der Waals surface area contributed by atoms with Gasteiger partial charge in [0, 0.05) is 25.0 Å². The summed E-state index contributed by atoms with van der Waals surface area (Å²) in [5.41, 5.74) is 0.687. The molecule has 0 aliphatic carbocycles. The molecule has 3 aliphatic heterocycles. The topological polar surface area (TPSA) is 133 Å². The fourth-order valence-electron chi connectivity index (χ4n) is 4.23. The monoisotopic (exact) mass is 491 g/mol. The summed E-state index contributed by atoms with van der Waals surface area (Å²) in [6.45, 7) is 3.44. The van der Waals surface area contributed by atoms with Crippen LogP contribution in [0.1, 0.15) is 45.1 Å². The zero-order valence-corrected chi connectivity index (χ0v) is 19.6. The molecule has 0 spiro atoms. The first-order chi connectivity index (χ1) is 16.7. The molecule has 0 amide bonds. The summed E-state index contributed by atoms with van der Waals surface area (Å²) in [6, 6.07) is 5.99. The molecule has 4 rings (SSSR count). The second-order valence-electron chi connectivity index (χ2n) is 9.03. The number of fused-ring (bicyclic) bond motifs is 1. The van der Waals surface area contributed by atoms with Crippen LogP contribution in [0.4, 0.5) is 5.69 Å². The Balaban J connectivity index is 1.47. The van der Waals surface area contributed by atoms with Gasteiger partial charge in [0.2, 0.25) is 0 Å². The van der Waals surface area contributed by atoms with Crippen molar-refractivity contribution >= 4 is 17.6 Å². The number of allylic oxidation sites excluding steroid dienone is 2. The Kier molecular flexibility index (Phi) is 7.80. The van der Waals surface area contributed by atoms with E-state index in [2.05, 4.69) is 0 Å². The predicted octanol–water partition coefficient (Wildman–Crippen LogP) is 2.94. The molecule has 0 unspecified atom stereocenters. The van der Waals surface area contributed by atoms with Gasteiger partial charge >= 0.3 is 11.9 Å². The number of nitro groups is 1. The Hall–Kier alpha value is -2.86. The van der Waals surface area contributed by atoms with Crippen LogP contribution in [-0.4, -0.2) is 60.0 Å². The van der Waals surface area contributed by atoms with Crippen molar-refractivity contribution in [3.8, 4) is 0 Å². The van der Waals surface area contributed by atoms with Gasteiger partial charge in [0.05, 0.1) is 11.5 Å². The Morgan fingerprint density at radius 1 is 1.00 bits per heavy atom. The number of hydrogen-bond acceptors (Lipinski definition) is 10. The highest BCUT2D eigenvalue weighted by molar-refractivity contribution is 5.71. The number of carbonyl (C=O) groups is 2. The van der Waals surface area contributed by atoms with Crippen LogP contribution in [0, 0.1) is 10.1 Å². The van der Waals surface area contributed by atoms with Gasteiger partial charge in [-0.2, -0.15) is 0 Å². The molecule has 0 N–H and O–H groups in total. The lowest BCUT2D eigenvalue weighted by atomic mass is 10.1. The van der Waals surface area contributed by atoms with Crippen molar-refractivity contribution in [2.75, 3.05) is 6.61 Å². The summed E-state index contributed by atoms with van der Waals surface area (Å²) in [5.74, 6) is -1.77. The maximum absolute atomic E-state index is 12.4. The number of esters is 2. The lowest BCUT2D eigenvalue weighted by Gasteiger charge is -2.28. The van der Waals surface area contributed by atoms with Crippen LogP contribution in [0.3, 0.4) is 0 Å². The Bertz CT molecular complexity index is 960. The average molecular weight is 491 g/mol. The van der Waals surface area contributed by atoms with Gasteiger partial charge in [0.1, 0.15) is 24.9 Å². The zero-order valence-electron chi connectivity index (χ0n) is 19.6. The Morgan fingerprint density at radius 3 is 2.34 bits per heavy atom. The maximum Gasteiger partial charge on any atom is 0.306 e. The van der Waals surface area contributed by atoms with E-state index in [-0.39, 0.29) is 31.7 Å². The molecular formula is C24H29NO10. The average Bonchev–Trinajstić information content (AvgIpc) is 3.29. The minimum absolute atomic E-state index is 0.0189. The second-order valence-corrected chi connectivity index (χ2v) is 9.03. The van der Waals surface area contributed by atoms with Gasteiger partial charge in [-0.1, -0.05) is 12.2 Å². The maximum atomic E-state index is 12.4. The zero-order chi connectivity index (χ0) is 25.0. The fraction of sp³-hybridized carbons (Fsp3) is 0.583. The van der Waals surface area contributed by atoms with Gasteiger partial charge in [-0.3, -0.25) is 19.7 Å². The van der Waals surface area contributed by atoms with Crippen LogP contribution in [0.25, 0.3) is 0 Å². The number of nitro benzene ring substituents is 1. The smallest absolute Gasteiger partial charge is 0.306 e. The lowest BCUT2D eigenvalue weighted by Crippen LogP contribution is -2.44. The summed E-state index contributed by atoms with van der Waals surface area (Å²) in [6.07, 6.45) is 1.32. The van der Waals surface area contributed by atoms with Crippen LogP contribution in [0.15, 0.2) is 36.4 Å². The number of non-ortho nitro benzene ring substituents is 1. The van der Waals surface area contributed by atoms with E-state index in [9.17, 15) is 19.7 Å². The molecule has 3 aliphatic rings. The quantitative estimate of drug-likeness (QED) is 0.262. The molecule has 2 saturated heterocycles. The molecule has 0 aromatic heterocycles. The third kappa shape index (κ3) is 6.43. The predicted molar refractivity (Wildman–Crippen MR) is 119 cm³/mol. The van der Waals surface area contributed by atoms with Crippen LogP contribution in [-0.2, 0) is 44.6 Å². The van der Waals surface area contributed by atoms with E-state index in [4.69, 9.17) is 28.4 Å². The van der Waals surface area contributed by atoms with E-state index < -0.39 is 53.4 Å². The Morgan fingerprint density at radius 2 is 1.66 bits per heavy atom. The van der Waals surface area contributed by atoms with Crippen molar-refractivity contribution in [2.24, 2.45) is 0 Å². The van der Waals surface area contributed by atoms with E-state index in [0.717, 1.165) is 0 Å². The molecule has 3 heterocycles. The highest BCUT2D eigenvalue weighted by atomic mass is 16.8. The Labute approximate surface area is 202 Å². The number of rotatable bonds is 5. The molecule has 11 nitrogen and oxygen atoms in total. The molecule has 35 heavy (non-hydrogen) atoms. The normalized spacial score (nSPS) is 31.1. The SMILES string of the molecule is CC1(C)O[C@@H]2[C@H](O1)[C@@H](OCc1ccc([N+](=O)[O-])cc1)O[C@@H]2[C@@H]1COC(=O)CCC=CCCC(=O)O1. The summed E-state index contributed by atoms with van der Waals surface area (Å²) in [4.78, 5) is 34.9. The first kappa shape index (κ1) is 25.2. The number of hydrogen-bond donors (Lipinski definition) is 0. The number of ether oxygens (including phenoxy) is 6. The largest absolute Gasteiger partial charge is 0.462 e. The number of benzene rings is 1. The van der Waals surface area contributed by atoms with Crippen LogP contribution < -0.4 is 0 Å². The van der Waals surface area contributed by atoms with E-state index in [1.165, 1.54) is 12.1 Å². The number of cyclic esters (lactones) is 2. The summed E-state index contributed by atoms with van der Waals surface area (Å²) in [5, 5.41) is 10.9. The van der Waals surface area contributed by atoms with Crippen molar-refractivity contribution < 1.29 is 42.9 Å².